The summed E-state index contributed by atoms with van der Waals surface area (Å²) in [5.41, 5.74) is 8.04. The molecule has 5 heteroatoms. The second-order valence-corrected chi connectivity index (χ2v) is 7.41. The number of nitrogens with one attached hydrogen (secondary N) is 1. The van der Waals surface area contributed by atoms with Gasteiger partial charge < -0.3 is 4.42 Å². The van der Waals surface area contributed by atoms with E-state index in [9.17, 15) is 4.79 Å². The van der Waals surface area contributed by atoms with Crippen LogP contribution in [0.3, 0.4) is 0 Å². The van der Waals surface area contributed by atoms with Crippen LogP contribution in [0.4, 0.5) is 0 Å². The second-order valence-electron chi connectivity index (χ2n) is 6.55. The van der Waals surface area contributed by atoms with Gasteiger partial charge in [-0.3, -0.25) is 4.79 Å². The molecule has 0 spiro atoms. The average Bonchev–Trinajstić information content (AvgIpc) is 3.09. The zero-order chi connectivity index (χ0) is 19.4. The summed E-state index contributed by atoms with van der Waals surface area (Å²) in [7, 11) is 0. The highest BCUT2D eigenvalue weighted by molar-refractivity contribution is 9.10. The SMILES string of the molecule is Cc1ccc(CC(=O)N/N=C/c2ccc(-c3ccc(C)c(Br)c3)o2)cc1C. The highest BCUT2D eigenvalue weighted by atomic mass is 79.9. The van der Waals surface area contributed by atoms with Gasteiger partial charge in [-0.1, -0.05) is 46.3 Å². The Morgan fingerprint density at radius 3 is 2.56 bits per heavy atom. The van der Waals surface area contributed by atoms with Crippen molar-refractivity contribution in [1.82, 2.24) is 5.43 Å². The van der Waals surface area contributed by atoms with E-state index in [-0.39, 0.29) is 5.91 Å². The van der Waals surface area contributed by atoms with Gasteiger partial charge in [0.15, 0.2) is 0 Å². The number of amides is 1. The molecule has 0 aliphatic carbocycles. The smallest absolute Gasteiger partial charge is 0.244 e. The zero-order valence-corrected chi connectivity index (χ0v) is 17.1. The van der Waals surface area contributed by atoms with E-state index < -0.39 is 0 Å². The zero-order valence-electron chi connectivity index (χ0n) is 15.5. The Hall–Kier alpha value is -2.66. The van der Waals surface area contributed by atoms with Crippen molar-refractivity contribution in [3.8, 4) is 11.3 Å². The molecular formula is C22H21BrN2O2. The molecule has 1 heterocycles. The Bertz CT molecular complexity index is 1010. The maximum atomic E-state index is 12.0. The lowest BCUT2D eigenvalue weighted by Crippen LogP contribution is -2.19. The molecule has 0 aliphatic rings. The molecule has 0 saturated heterocycles. The first-order valence-electron chi connectivity index (χ1n) is 8.67. The minimum Gasteiger partial charge on any atom is -0.455 e. The van der Waals surface area contributed by atoms with Crippen molar-refractivity contribution < 1.29 is 9.21 Å². The van der Waals surface area contributed by atoms with E-state index in [0.717, 1.165) is 21.4 Å². The predicted octanol–water partition coefficient (Wildman–Crippen LogP) is 5.33. The molecule has 27 heavy (non-hydrogen) atoms. The molecule has 1 aromatic heterocycles. The number of benzene rings is 2. The van der Waals surface area contributed by atoms with E-state index in [4.69, 9.17) is 4.42 Å². The number of carbonyl (C=O) groups excluding carboxylic acids is 1. The summed E-state index contributed by atoms with van der Waals surface area (Å²) >= 11 is 3.53. The van der Waals surface area contributed by atoms with Crippen molar-refractivity contribution in [3.05, 3.63) is 81.0 Å². The number of halogens is 1. The van der Waals surface area contributed by atoms with Crippen LogP contribution in [0.15, 0.2) is 62.5 Å². The Morgan fingerprint density at radius 2 is 1.81 bits per heavy atom. The minimum absolute atomic E-state index is 0.163. The van der Waals surface area contributed by atoms with Gasteiger partial charge in [0.2, 0.25) is 5.91 Å². The number of carbonyl (C=O) groups is 1. The lowest BCUT2D eigenvalue weighted by atomic mass is 10.0. The number of hydrazone groups is 1. The molecule has 0 aliphatic heterocycles. The fraction of sp³-hybridized carbons (Fsp3) is 0.182. The van der Waals surface area contributed by atoms with Crippen molar-refractivity contribution >= 4 is 28.1 Å². The van der Waals surface area contributed by atoms with Crippen LogP contribution in [0.25, 0.3) is 11.3 Å². The first kappa shape index (κ1) is 19.1. The minimum atomic E-state index is -0.163. The third kappa shape index (κ3) is 4.95. The molecule has 2 aromatic carbocycles. The summed E-state index contributed by atoms with van der Waals surface area (Å²) in [6.07, 6.45) is 1.80. The van der Waals surface area contributed by atoms with Crippen molar-refractivity contribution in [3.63, 3.8) is 0 Å². The van der Waals surface area contributed by atoms with Crippen molar-refractivity contribution in [1.29, 1.82) is 0 Å². The molecule has 4 nitrogen and oxygen atoms in total. The molecular weight excluding hydrogens is 404 g/mol. The number of furan rings is 1. The maximum absolute atomic E-state index is 12.0. The summed E-state index contributed by atoms with van der Waals surface area (Å²) in [6, 6.07) is 15.8. The van der Waals surface area contributed by atoms with Gasteiger partial charge in [0.1, 0.15) is 11.5 Å². The maximum Gasteiger partial charge on any atom is 0.244 e. The largest absolute Gasteiger partial charge is 0.455 e. The van der Waals surface area contributed by atoms with Crippen LogP contribution in [0.1, 0.15) is 28.0 Å². The highest BCUT2D eigenvalue weighted by Crippen LogP contribution is 2.26. The van der Waals surface area contributed by atoms with Gasteiger partial charge in [-0.2, -0.15) is 5.10 Å². The number of hydrogen-bond donors (Lipinski definition) is 1. The Labute approximate surface area is 167 Å². The van der Waals surface area contributed by atoms with Gasteiger partial charge in [0.05, 0.1) is 12.6 Å². The van der Waals surface area contributed by atoms with Gasteiger partial charge in [-0.05, 0) is 61.2 Å². The first-order chi connectivity index (χ1) is 12.9. The lowest BCUT2D eigenvalue weighted by molar-refractivity contribution is -0.120. The normalized spacial score (nSPS) is 11.1. The molecule has 0 radical (unpaired) electrons. The lowest BCUT2D eigenvalue weighted by Gasteiger charge is -2.04. The fourth-order valence-corrected chi connectivity index (χ4v) is 3.01. The average molecular weight is 425 g/mol. The fourth-order valence-electron chi connectivity index (χ4n) is 2.63. The molecule has 0 atom stereocenters. The molecule has 0 saturated carbocycles. The highest BCUT2D eigenvalue weighted by Gasteiger charge is 2.06. The second kappa shape index (κ2) is 8.35. The Kier molecular flexibility index (Phi) is 5.91. The van der Waals surface area contributed by atoms with Crippen LogP contribution in [-0.2, 0) is 11.2 Å². The van der Waals surface area contributed by atoms with Gasteiger partial charge >= 0.3 is 0 Å². The van der Waals surface area contributed by atoms with Crippen molar-refractivity contribution in [2.45, 2.75) is 27.2 Å². The number of rotatable bonds is 5. The quantitative estimate of drug-likeness (QED) is 0.444. The molecule has 138 valence electrons. The van der Waals surface area contributed by atoms with E-state index in [0.29, 0.717) is 12.2 Å². The third-order valence-electron chi connectivity index (χ3n) is 4.40. The molecule has 0 unspecified atom stereocenters. The van der Waals surface area contributed by atoms with Gasteiger partial charge in [-0.15, -0.1) is 0 Å². The monoisotopic (exact) mass is 424 g/mol. The van der Waals surface area contributed by atoms with E-state index in [2.05, 4.69) is 33.4 Å². The van der Waals surface area contributed by atoms with Gasteiger partial charge in [-0.25, -0.2) is 5.43 Å². The van der Waals surface area contributed by atoms with Crippen LogP contribution in [0.2, 0.25) is 0 Å². The number of aryl methyl sites for hydroxylation is 3. The molecule has 3 aromatic rings. The van der Waals surface area contributed by atoms with Crippen LogP contribution in [0, 0.1) is 20.8 Å². The summed E-state index contributed by atoms with van der Waals surface area (Å²) in [5.74, 6) is 1.16. The standard InChI is InChI=1S/C22H21BrN2O2/c1-14-4-6-17(10-16(14)3)11-22(26)25-24-13-19-8-9-21(27-19)18-7-5-15(2)20(23)12-18/h4-10,12-13H,11H2,1-3H3,(H,25,26)/b24-13+. The first-order valence-corrected chi connectivity index (χ1v) is 9.46. The van der Waals surface area contributed by atoms with Crippen LogP contribution in [0.5, 0.6) is 0 Å². The van der Waals surface area contributed by atoms with E-state index in [1.165, 1.54) is 22.9 Å². The Balaban J connectivity index is 1.59. The summed E-state index contributed by atoms with van der Waals surface area (Å²) in [5, 5.41) is 3.99. The van der Waals surface area contributed by atoms with Gasteiger partial charge in [0.25, 0.3) is 0 Å². The number of nitrogens with zero attached hydrogens (tertiary/aromatic N) is 1. The Morgan fingerprint density at radius 1 is 1.04 bits per heavy atom. The number of hydrogen-bond acceptors (Lipinski definition) is 3. The van der Waals surface area contributed by atoms with Crippen molar-refractivity contribution in [2.24, 2.45) is 5.10 Å². The molecule has 1 N–H and O–H groups in total. The third-order valence-corrected chi connectivity index (χ3v) is 5.25. The summed E-state index contributed by atoms with van der Waals surface area (Å²) in [4.78, 5) is 12.0. The van der Waals surface area contributed by atoms with Gasteiger partial charge in [0, 0.05) is 10.0 Å². The molecule has 0 fully saturated rings. The summed E-state index contributed by atoms with van der Waals surface area (Å²) < 4.78 is 6.80. The van der Waals surface area contributed by atoms with Crippen LogP contribution in [-0.4, -0.2) is 12.1 Å². The van der Waals surface area contributed by atoms with E-state index in [1.54, 1.807) is 0 Å². The van der Waals surface area contributed by atoms with Crippen molar-refractivity contribution in [2.75, 3.05) is 0 Å². The van der Waals surface area contributed by atoms with E-state index >= 15 is 0 Å². The molecule has 1 amide bonds. The summed E-state index contributed by atoms with van der Waals surface area (Å²) in [6.45, 7) is 6.13. The topological polar surface area (TPSA) is 54.6 Å². The van der Waals surface area contributed by atoms with E-state index in [1.807, 2.05) is 62.4 Å². The molecule has 3 rings (SSSR count). The molecule has 0 bridgehead atoms. The van der Waals surface area contributed by atoms with Crippen LogP contribution >= 0.6 is 15.9 Å². The predicted molar refractivity (Wildman–Crippen MR) is 112 cm³/mol. The van der Waals surface area contributed by atoms with Crippen LogP contribution < -0.4 is 5.43 Å².